The molecule has 0 aliphatic heterocycles. The van der Waals surface area contributed by atoms with Gasteiger partial charge in [-0.2, -0.15) is 11.3 Å². The molecule has 1 unspecified atom stereocenters. The summed E-state index contributed by atoms with van der Waals surface area (Å²) in [4.78, 5) is 1.26. The zero-order chi connectivity index (χ0) is 10.7. The molecule has 0 aliphatic rings. The molecular weight excluding hydrogens is 290 g/mol. The van der Waals surface area contributed by atoms with Crippen molar-refractivity contribution in [3.63, 3.8) is 0 Å². The molecule has 0 saturated carbocycles. The minimum Gasteiger partial charge on any atom is -0.323 e. The quantitative estimate of drug-likeness (QED) is 0.899. The van der Waals surface area contributed by atoms with Crippen molar-refractivity contribution in [2.45, 2.75) is 18.9 Å². The van der Waals surface area contributed by atoms with E-state index in [9.17, 15) is 0 Å². The summed E-state index contributed by atoms with van der Waals surface area (Å²) in [5.41, 5.74) is 7.51. The standard InChI is InChI=1S/C11H12BrNS2/c12-9-5-11(15-7-9)10(13)2-1-8-3-4-14-6-8/h3-7,10H,1-2,13H2. The lowest BCUT2D eigenvalue weighted by Gasteiger charge is -2.07. The molecule has 1 nitrogen and oxygen atoms in total. The Kier molecular flexibility index (Phi) is 3.97. The van der Waals surface area contributed by atoms with Crippen molar-refractivity contribution in [1.82, 2.24) is 0 Å². The van der Waals surface area contributed by atoms with E-state index in [0.717, 1.165) is 17.3 Å². The number of thiophene rings is 2. The molecule has 1 atom stereocenters. The SMILES string of the molecule is NC(CCc1ccsc1)c1cc(Br)cs1. The molecule has 0 radical (unpaired) electrons. The predicted octanol–water partition coefficient (Wildman–Crippen LogP) is 4.20. The van der Waals surface area contributed by atoms with E-state index >= 15 is 0 Å². The normalized spacial score (nSPS) is 12.9. The maximum atomic E-state index is 6.12. The largest absolute Gasteiger partial charge is 0.323 e. The zero-order valence-electron chi connectivity index (χ0n) is 8.15. The lowest BCUT2D eigenvalue weighted by atomic mass is 10.1. The first-order chi connectivity index (χ1) is 7.25. The van der Waals surface area contributed by atoms with Crippen molar-refractivity contribution >= 4 is 38.6 Å². The van der Waals surface area contributed by atoms with Crippen molar-refractivity contribution in [3.05, 3.63) is 43.2 Å². The van der Waals surface area contributed by atoms with Crippen LogP contribution in [0.5, 0.6) is 0 Å². The van der Waals surface area contributed by atoms with Gasteiger partial charge in [-0.15, -0.1) is 11.3 Å². The van der Waals surface area contributed by atoms with Crippen LogP contribution in [0, 0.1) is 0 Å². The third-order valence-corrected chi connectivity index (χ3v) is 4.83. The molecule has 2 rings (SSSR count). The third kappa shape index (κ3) is 3.14. The van der Waals surface area contributed by atoms with Gasteiger partial charge in [0.15, 0.2) is 0 Å². The van der Waals surface area contributed by atoms with E-state index in [1.165, 1.54) is 10.4 Å². The topological polar surface area (TPSA) is 26.0 Å². The monoisotopic (exact) mass is 301 g/mol. The zero-order valence-corrected chi connectivity index (χ0v) is 11.4. The highest BCUT2D eigenvalue weighted by Gasteiger charge is 2.08. The molecule has 0 fully saturated rings. The average Bonchev–Trinajstić information content (AvgIpc) is 2.84. The van der Waals surface area contributed by atoms with E-state index in [1.54, 1.807) is 22.7 Å². The molecule has 2 heterocycles. The van der Waals surface area contributed by atoms with Crippen LogP contribution in [-0.4, -0.2) is 0 Å². The van der Waals surface area contributed by atoms with Gasteiger partial charge >= 0.3 is 0 Å². The molecule has 2 aromatic heterocycles. The molecule has 0 bridgehead atoms. The van der Waals surface area contributed by atoms with E-state index in [-0.39, 0.29) is 6.04 Å². The number of halogens is 1. The Morgan fingerprint density at radius 1 is 1.40 bits per heavy atom. The fourth-order valence-electron chi connectivity index (χ4n) is 1.42. The molecule has 2 N–H and O–H groups in total. The van der Waals surface area contributed by atoms with Gasteiger partial charge in [-0.25, -0.2) is 0 Å². The second-order valence-corrected chi connectivity index (χ2v) is 6.08. The second-order valence-electron chi connectivity index (χ2n) is 3.44. The van der Waals surface area contributed by atoms with Gasteiger partial charge in [-0.1, -0.05) is 0 Å². The number of rotatable bonds is 4. The van der Waals surface area contributed by atoms with Crippen molar-refractivity contribution in [1.29, 1.82) is 0 Å². The minimum atomic E-state index is 0.168. The summed E-state index contributed by atoms with van der Waals surface area (Å²) in [6.07, 6.45) is 2.09. The van der Waals surface area contributed by atoms with E-state index in [4.69, 9.17) is 5.73 Å². The first kappa shape index (κ1) is 11.3. The Balaban J connectivity index is 1.90. The Morgan fingerprint density at radius 3 is 2.87 bits per heavy atom. The number of hydrogen-bond acceptors (Lipinski definition) is 3. The lowest BCUT2D eigenvalue weighted by Crippen LogP contribution is -2.09. The maximum Gasteiger partial charge on any atom is 0.0393 e. The number of aryl methyl sites for hydroxylation is 1. The maximum absolute atomic E-state index is 6.12. The van der Waals surface area contributed by atoms with Gasteiger partial charge in [0.05, 0.1) is 0 Å². The van der Waals surface area contributed by atoms with Gasteiger partial charge in [0.2, 0.25) is 0 Å². The predicted molar refractivity (Wildman–Crippen MR) is 71.6 cm³/mol. The highest BCUT2D eigenvalue weighted by atomic mass is 79.9. The molecular formula is C11H12BrNS2. The summed E-state index contributed by atoms with van der Waals surface area (Å²) >= 11 is 6.92. The molecule has 0 spiro atoms. The van der Waals surface area contributed by atoms with Crippen LogP contribution in [0.4, 0.5) is 0 Å². The summed E-state index contributed by atoms with van der Waals surface area (Å²) in [7, 11) is 0. The molecule has 0 saturated heterocycles. The number of hydrogen-bond donors (Lipinski definition) is 1. The highest BCUT2D eigenvalue weighted by molar-refractivity contribution is 9.10. The van der Waals surface area contributed by atoms with Crippen LogP contribution in [0.15, 0.2) is 32.7 Å². The van der Waals surface area contributed by atoms with Gasteiger partial charge in [0.25, 0.3) is 0 Å². The molecule has 2 aromatic rings. The smallest absolute Gasteiger partial charge is 0.0393 e. The van der Waals surface area contributed by atoms with Gasteiger partial charge in [-0.05, 0) is 57.2 Å². The first-order valence-electron chi connectivity index (χ1n) is 4.76. The fraction of sp³-hybridized carbons (Fsp3) is 0.273. The average molecular weight is 302 g/mol. The van der Waals surface area contributed by atoms with E-state index in [0.29, 0.717) is 0 Å². The minimum absolute atomic E-state index is 0.168. The summed E-state index contributed by atoms with van der Waals surface area (Å²) in [5.74, 6) is 0. The van der Waals surface area contributed by atoms with Gasteiger partial charge in [0.1, 0.15) is 0 Å². The van der Waals surface area contributed by atoms with Gasteiger partial charge in [0, 0.05) is 20.8 Å². The Hall–Kier alpha value is -0.160. The van der Waals surface area contributed by atoms with Gasteiger partial charge in [-0.3, -0.25) is 0 Å². The summed E-state index contributed by atoms with van der Waals surface area (Å²) in [6.45, 7) is 0. The Morgan fingerprint density at radius 2 is 2.27 bits per heavy atom. The van der Waals surface area contributed by atoms with Gasteiger partial charge < -0.3 is 5.73 Å². The van der Waals surface area contributed by atoms with Crippen molar-refractivity contribution in [2.24, 2.45) is 5.73 Å². The van der Waals surface area contributed by atoms with Crippen LogP contribution in [0.25, 0.3) is 0 Å². The third-order valence-electron chi connectivity index (χ3n) is 2.28. The Labute approximate surface area is 106 Å². The lowest BCUT2D eigenvalue weighted by molar-refractivity contribution is 0.663. The second kappa shape index (κ2) is 5.25. The molecule has 0 aliphatic carbocycles. The molecule has 80 valence electrons. The van der Waals surface area contributed by atoms with Crippen LogP contribution >= 0.6 is 38.6 Å². The van der Waals surface area contributed by atoms with Crippen molar-refractivity contribution in [2.75, 3.05) is 0 Å². The van der Waals surface area contributed by atoms with E-state index in [1.807, 2.05) is 0 Å². The fourth-order valence-corrected chi connectivity index (χ4v) is 3.61. The van der Waals surface area contributed by atoms with Crippen LogP contribution in [0.1, 0.15) is 22.9 Å². The molecule has 4 heteroatoms. The van der Waals surface area contributed by atoms with Crippen LogP contribution in [0.2, 0.25) is 0 Å². The van der Waals surface area contributed by atoms with E-state index in [2.05, 4.69) is 44.2 Å². The molecule has 0 aromatic carbocycles. The van der Waals surface area contributed by atoms with Crippen LogP contribution in [-0.2, 0) is 6.42 Å². The molecule has 15 heavy (non-hydrogen) atoms. The summed E-state index contributed by atoms with van der Waals surface area (Å²) < 4.78 is 1.13. The first-order valence-corrected chi connectivity index (χ1v) is 7.38. The molecule has 0 amide bonds. The Bertz CT molecular complexity index is 408. The summed E-state index contributed by atoms with van der Waals surface area (Å²) in [6, 6.07) is 4.45. The van der Waals surface area contributed by atoms with Crippen molar-refractivity contribution < 1.29 is 0 Å². The van der Waals surface area contributed by atoms with Crippen molar-refractivity contribution in [3.8, 4) is 0 Å². The summed E-state index contributed by atoms with van der Waals surface area (Å²) in [5, 5.41) is 6.39. The van der Waals surface area contributed by atoms with E-state index < -0.39 is 0 Å². The van der Waals surface area contributed by atoms with Crippen LogP contribution < -0.4 is 5.73 Å². The highest BCUT2D eigenvalue weighted by Crippen LogP contribution is 2.27. The van der Waals surface area contributed by atoms with Crippen LogP contribution in [0.3, 0.4) is 0 Å². The number of nitrogens with two attached hydrogens (primary N) is 1.